The van der Waals surface area contributed by atoms with Crippen molar-refractivity contribution in [2.75, 3.05) is 47.5 Å². The quantitative estimate of drug-likeness (QED) is 0.0211. The number of likely N-dealkylation sites (N-methyl/N-ethyl adjacent to an activating group) is 1. The lowest BCUT2D eigenvalue weighted by atomic mass is 10.0. The zero-order valence-corrected chi connectivity index (χ0v) is 55.6. The standard InChI is InChI=1S/C73H130NO8P/c1-6-8-10-12-14-16-18-20-22-24-26-28-30-32-34-36-37-38-40-42-44-46-48-50-52-54-56-58-60-62-64-66-73(76)82-71(70-81-83(77,78)80-68-67-74(3,4)5)69-79-72(75)65-63-61-59-57-55-53-51-49-47-45-43-41-39-35-33-31-29-27-25-23-21-19-17-15-13-11-9-7-2/h8,10,14,16,20,22,26,28,32,34,37-38,42,44,48,50,71H,6-7,9,11-13,15,17-19,21,23-25,27,29-31,33,35-36,39-41,43,45-47,49,51-70H2,1-5H3/p+1/b10-8-,16-14-,22-20-,28-26-,34-32-,38-37-,44-42-,50-48-. The Kier molecular flexibility index (Phi) is 61.1. The van der Waals surface area contributed by atoms with Crippen LogP contribution in [0.1, 0.15) is 303 Å². The third-order valence-electron chi connectivity index (χ3n) is 14.9. The monoisotopic (exact) mass is 1180 g/mol. The van der Waals surface area contributed by atoms with Crippen molar-refractivity contribution in [2.45, 2.75) is 309 Å². The summed E-state index contributed by atoms with van der Waals surface area (Å²) in [7, 11) is 1.46. The molecule has 0 aliphatic carbocycles. The molecule has 0 saturated heterocycles. The molecule has 0 heterocycles. The highest BCUT2D eigenvalue weighted by atomic mass is 31.2. The minimum atomic E-state index is -4.40. The van der Waals surface area contributed by atoms with E-state index in [0.29, 0.717) is 17.4 Å². The normalized spacial score (nSPS) is 13.8. The number of quaternary nitrogens is 1. The number of rotatable bonds is 63. The van der Waals surface area contributed by atoms with Gasteiger partial charge in [0.1, 0.15) is 19.8 Å². The van der Waals surface area contributed by atoms with Gasteiger partial charge in [-0.15, -0.1) is 0 Å². The molecule has 0 aliphatic rings. The van der Waals surface area contributed by atoms with Gasteiger partial charge in [0.05, 0.1) is 27.7 Å². The molecule has 0 amide bonds. The third-order valence-corrected chi connectivity index (χ3v) is 15.9. The van der Waals surface area contributed by atoms with Crippen molar-refractivity contribution in [3.8, 4) is 0 Å². The number of carbonyl (C=O) groups is 2. The van der Waals surface area contributed by atoms with Crippen LogP contribution in [0, 0.1) is 0 Å². The lowest BCUT2D eigenvalue weighted by Gasteiger charge is -2.24. The number of ether oxygens (including phenoxy) is 2. The first kappa shape index (κ1) is 79.9. The van der Waals surface area contributed by atoms with Crippen LogP contribution in [0.5, 0.6) is 0 Å². The van der Waals surface area contributed by atoms with Gasteiger partial charge in [0, 0.05) is 12.8 Å². The molecule has 83 heavy (non-hydrogen) atoms. The maximum atomic E-state index is 12.9. The zero-order chi connectivity index (χ0) is 60.5. The SMILES string of the molecule is CC/C=C\C/C=C\C/C=C\C/C=C\C/C=C\C/C=C\C/C=C\C/C=C\CCCCCCCCC(=O)OC(COC(=O)CCCCCCCCCCCCCCCCCCCCCCCCCCCCCC)COP(=O)(O)OCC[N+](C)(C)C. The Morgan fingerprint density at radius 3 is 1.02 bits per heavy atom. The second kappa shape index (κ2) is 63.4. The van der Waals surface area contributed by atoms with E-state index in [1.807, 2.05) is 21.1 Å². The van der Waals surface area contributed by atoms with Crippen molar-refractivity contribution in [3.05, 3.63) is 97.2 Å². The van der Waals surface area contributed by atoms with E-state index in [1.165, 1.54) is 161 Å². The van der Waals surface area contributed by atoms with Gasteiger partial charge in [-0.05, 0) is 77.0 Å². The van der Waals surface area contributed by atoms with Crippen molar-refractivity contribution >= 4 is 19.8 Å². The van der Waals surface area contributed by atoms with E-state index in [-0.39, 0.29) is 32.0 Å². The summed E-state index contributed by atoms with van der Waals surface area (Å²) in [6.07, 6.45) is 87.9. The Hall–Kier alpha value is -3.07. The summed E-state index contributed by atoms with van der Waals surface area (Å²) in [5, 5.41) is 0. The number of allylic oxidation sites excluding steroid dienone is 16. The van der Waals surface area contributed by atoms with Gasteiger partial charge in [-0.1, -0.05) is 310 Å². The zero-order valence-electron chi connectivity index (χ0n) is 54.7. The van der Waals surface area contributed by atoms with Crippen molar-refractivity contribution < 1.29 is 42.1 Å². The van der Waals surface area contributed by atoms with E-state index < -0.39 is 26.5 Å². The smallest absolute Gasteiger partial charge is 0.462 e. The van der Waals surface area contributed by atoms with E-state index in [9.17, 15) is 19.0 Å². The molecule has 9 nitrogen and oxygen atoms in total. The summed E-state index contributed by atoms with van der Waals surface area (Å²) in [6, 6.07) is 0. The van der Waals surface area contributed by atoms with E-state index in [0.717, 1.165) is 109 Å². The molecule has 0 fully saturated rings. The van der Waals surface area contributed by atoms with E-state index in [2.05, 4.69) is 111 Å². The van der Waals surface area contributed by atoms with Crippen molar-refractivity contribution in [1.82, 2.24) is 0 Å². The molecular formula is C73H131NO8P+. The van der Waals surface area contributed by atoms with E-state index in [4.69, 9.17) is 18.5 Å². The lowest BCUT2D eigenvalue weighted by molar-refractivity contribution is -0.870. The number of hydrogen-bond acceptors (Lipinski definition) is 7. The summed E-state index contributed by atoms with van der Waals surface area (Å²) >= 11 is 0. The van der Waals surface area contributed by atoms with Gasteiger partial charge in [0.25, 0.3) is 0 Å². The molecule has 0 spiro atoms. The first-order chi connectivity index (χ1) is 40.5. The number of unbranched alkanes of at least 4 members (excludes halogenated alkanes) is 33. The number of carbonyl (C=O) groups excluding carboxylic acids is 2. The minimum Gasteiger partial charge on any atom is -0.462 e. The van der Waals surface area contributed by atoms with Crippen LogP contribution in [-0.4, -0.2) is 74.9 Å². The van der Waals surface area contributed by atoms with Crippen molar-refractivity contribution in [3.63, 3.8) is 0 Å². The van der Waals surface area contributed by atoms with Gasteiger partial charge in [0.15, 0.2) is 6.10 Å². The van der Waals surface area contributed by atoms with Crippen LogP contribution in [0.25, 0.3) is 0 Å². The van der Waals surface area contributed by atoms with Crippen LogP contribution in [0.2, 0.25) is 0 Å². The number of phosphoric ester groups is 1. The maximum absolute atomic E-state index is 12.9. The lowest BCUT2D eigenvalue weighted by Crippen LogP contribution is -2.37. The Balaban J connectivity index is 4.11. The van der Waals surface area contributed by atoms with Crippen LogP contribution in [0.15, 0.2) is 97.2 Å². The fraction of sp³-hybridized carbons (Fsp3) is 0.753. The molecule has 0 aromatic heterocycles. The van der Waals surface area contributed by atoms with Crippen LogP contribution >= 0.6 is 7.82 Å². The van der Waals surface area contributed by atoms with Crippen LogP contribution < -0.4 is 0 Å². The average Bonchev–Trinajstić information content (AvgIpc) is 3.49. The highest BCUT2D eigenvalue weighted by Crippen LogP contribution is 2.43. The highest BCUT2D eigenvalue weighted by molar-refractivity contribution is 7.47. The van der Waals surface area contributed by atoms with Gasteiger partial charge >= 0.3 is 19.8 Å². The predicted molar refractivity (Wildman–Crippen MR) is 358 cm³/mol. The fourth-order valence-electron chi connectivity index (χ4n) is 9.62. The third kappa shape index (κ3) is 67.9. The molecule has 1 N–H and O–H groups in total. The number of phosphoric acid groups is 1. The van der Waals surface area contributed by atoms with Crippen molar-refractivity contribution in [2.24, 2.45) is 0 Å². The number of hydrogen-bond donors (Lipinski definition) is 1. The topological polar surface area (TPSA) is 108 Å². The summed E-state index contributed by atoms with van der Waals surface area (Å²) < 4.78 is 34.7. The van der Waals surface area contributed by atoms with Crippen LogP contribution in [0.3, 0.4) is 0 Å². The fourth-order valence-corrected chi connectivity index (χ4v) is 10.4. The molecule has 2 atom stereocenters. The average molecular weight is 1180 g/mol. The number of esters is 2. The van der Waals surface area contributed by atoms with E-state index in [1.54, 1.807) is 0 Å². The molecule has 0 saturated carbocycles. The predicted octanol–water partition coefficient (Wildman–Crippen LogP) is 22.3. The molecule has 0 bridgehead atoms. The molecule has 0 aromatic carbocycles. The summed E-state index contributed by atoms with van der Waals surface area (Å²) in [4.78, 5) is 35.9. The van der Waals surface area contributed by atoms with Gasteiger partial charge in [-0.2, -0.15) is 0 Å². The van der Waals surface area contributed by atoms with Crippen LogP contribution in [-0.2, 0) is 32.7 Å². The van der Waals surface area contributed by atoms with Crippen LogP contribution in [0.4, 0.5) is 0 Å². The molecule has 0 rings (SSSR count). The maximum Gasteiger partial charge on any atom is 0.472 e. The van der Waals surface area contributed by atoms with E-state index >= 15 is 0 Å². The summed E-state index contributed by atoms with van der Waals surface area (Å²) in [5.74, 6) is -0.808. The Morgan fingerprint density at radius 1 is 0.386 bits per heavy atom. The molecule has 480 valence electrons. The second-order valence-electron chi connectivity index (χ2n) is 24.2. The largest absolute Gasteiger partial charge is 0.472 e. The first-order valence-electron chi connectivity index (χ1n) is 34.5. The molecule has 2 unspecified atom stereocenters. The Labute approximate surface area is 513 Å². The number of nitrogens with zero attached hydrogens (tertiary/aromatic N) is 1. The summed E-state index contributed by atoms with van der Waals surface area (Å²) in [5.41, 5.74) is 0. The molecule has 0 radical (unpaired) electrons. The van der Waals surface area contributed by atoms with Gasteiger partial charge < -0.3 is 18.9 Å². The summed E-state index contributed by atoms with van der Waals surface area (Å²) in [6.45, 7) is 4.34. The Bertz CT molecular complexity index is 1720. The van der Waals surface area contributed by atoms with Gasteiger partial charge in [-0.3, -0.25) is 18.6 Å². The van der Waals surface area contributed by atoms with Gasteiger partial charge in [-0.25, -0.2) is 4.57 Å². The highest BCUT2D eigenvalue weighted by Gasteiger charge is 2.27. The Morgan fingerprint density at radius 2 is 0.687 bits per heavy atom. The van der Waals surface area contributed by atoms with Crippen molar-refractivity contribution in [1.29, 1.82) is 0 Å². The van der Waals surface area contributed by atoms with Gasteiger partial charge in [0.2, 0.25) is 0 Å². The molecule has 0 aromatic rings. The second-order valence-corrected chi connectivity index (χ2v) is 25.6. The first-order valence-corrected chi connectivity index (χ1v) is 36.0. The minimum absolute atomic E-state index is 0.0253. The molecule has 0 aliphatic heterocycles. The molecule has 10 heteroatoms. The molecular weight excluding hydrogens is 1050 g/mol.